The third kappa shape index (κ3) is 1.32. The van der Waals surface area contributed by atoms with Crippen molar-refractivity contribution >= 4 is 5.84 Å². The fraction of sp³-hybridized carbons (Fsp3) is 0.500. The number of aromatic nitrogens is 2. The maximum absolute atomic E-state index is 5.75. The average molecular weight is 164 g/mol. The van der Waals surface area contributed by atoms with E-state index < -0.39 is 0 Å². The molecule has 4 nitrogen and oxygen atoms in total. The van der Waals surface area contributed by atoms with Crippen LogP contribution in [0.3, 0.4) is 0 Å². The lowest BCUT2D eigenvalue weighted by Crippen LogP contribution is -2.19. The van der Waals surface area contributed by atoms with Crippen molar-refractivity contribution in [2.45, 2.75) is 18.9 Å². The van der Waals surface area contributed by atoms with E-state index in [1.165, 1.54) is 12.8 Å². The van der Waals surface area contributed by atoms with Gasteiger partial charge in [0.1, 0.15) is 0 Å². The van der Waals surface area contributed by atoms with Crippen molar-refractivity contribution in [2.75, 3.05) is 0 Å². The molecular formula is C8H12N4. The van der Waals surface area contributed by atoms with Gasteiger partial charge >= 0.3 is 0 Å². The zero-order chi connectivity index (χ0) is 8.55. The Morgan fingerprint density at radius 3 is 3.00 bits per heavy atom. The van der Waals surface area contributed by atoms with Gasteiger partial charge in [0.05, 0.1) is 6.04 Å². The van der Waals surface area contributed by atoms with Gasteiger partial charge in [0.15, 0.2) is 11.7 Å². The number of hydrogen-bond donors (Lipinski definition) is 1. The van der Waals surface area contributed by atoms with Crippen LogP contribution < -0.4 is 5.73 Å². The quantitative estimate of drug-likeness (QED) is 0.504. The topological polar surface area (TPSA) is 56.2 Å². The van der Waals surface area contributed by atoms with Crippen LogP contribution in [0.15, 0.2) is 17.4 Å². The van der Waals surface area contributed by atoms with Crippen LogP contribution in [0.2, 0.25) is 0 Å². The Morgan fingerprint density at radius 1 is 1.75 bits per heavy atom. The summed E-state index contributed by atoms with van der Waals surface area (Å²) < 4.78 is 1.88. The highest BCUT2D eigenvalue weighted by atomic mass is 15.1. The number of hydrogen-bond acceptors (Lipinski definition) is 2. The predicted octanol–water partition coefficient (Wildman–Crippen LogP) is 0.288. The largest absolute Gasteiger partial charge is 0.381 e. The maximum Gasteiger partial charge on any atom is 0.174 e. The maximum atomic E-state index is 5.75. The summed E-state index contributed by atoms with van der Waals surface area (Å²) in [5.74, 6) is 1.33. The van der Waals surface area contributed by atoms with Crippen molar-refractivity contribution in [2.24, 2.45) is 17.8 Å². The molecule has 12 heavy (non-hydrogen) atoms. The first-order valence-corrected chi connectivity index (χ1v) is 4.08. The zero-order valence-electron chi connectivity index (χ0n) is 7.07. The van der Waals surface area contributed by atoms with Crippen LogP contribution >= 0.6 is 0 Å². The van der Waals surface area contributed by atoms with Crippen LogP contribution in [0.25, 0.3) is 0 Å². The second-order valence-electron chi connectivity index (χ2n) is 3.11. The van der Waals surface area contributed by atoms with Gasteiger partial charge in [-0.15, -0.1) is 0 Å². The molecule has 0 bridgehead atoms. The summed E-state index contributed by atoms with van der Waals surface area (Å²) in [5, 5.41) is 0. The lowest BCUT2D eigenvalue weighted by atomic mass is 10.5. The molecule has 1 fully saturated rings. The van der Waals surface area contributed by atoms with E-state index in [-0.39, 0.29) is 0 Å². The number of nitrogens with zero attached hydrogens (tertiary/aromatic N) is 3. The normalized spacial score (nSPS) is 18.2. The Balaban J connectivity index is 2.23. The number of aliphatic imine (C=N–C) groups is 1. The third-order valence-corrected chi connectivity index (χ3v) is 1.92. The Bertz CT molecular complexity index is 309. The number of imidazole rings is 1. The van der Waals surface area contributed by atoms with E-state index in [0.29, 0.717) is 11.9 Å². The summed E-state index contributed by atoms with van der Waals surface area (Å²) >= 11 is 0. The van der Waals surface area contributed by atoms with Crippen LogP contribution in [-0.4, -0.2) is 21.4 Å². The van der Waals surface area contributed by atoms with Crippen LogP contribution in [-0.2, 0) is 7.05 Å². The molecule has 0 atom stereocenters. The minimum absolute atomic E-state index is 0.460. The van der Waals surface area contributed by atoms with Gasteiger partial charge in [0.2, 0.25) is 0 Å². The summed E-state index contributed by atoms with van der Waals surface area (Å²) in [4.78, 5) is 8.41. The molecule has 0 unspecified atom stereocenters. The number of rotatable bonds is 2. The highest BCUT2D eigenvalue weighted by Gasteiger charge is 2.21. The Morgan fingerprint density at radius 2 is 2.50 bits per heavy atom. The summed E-state index contributed by atoms with van der Waals surface area (Å²) in [5.41, 5.74) is 5.75. The summed E-state index contributed by atoms with van der Waals surface area (Å²) in [6.07, 6.45) is 5.94. The van der Waals surface area contributed by atoms with Gasteiger partial charge in [-0.2, -0.15) is 0 Å². The van der Waals surface area contributed by atoms with Crippen LogP contribution in [0, 0.1) is 0 Å². The Hall–Kier alpha value is -1.32. The monoisotopic (exact) mass is 164 g/mol. The molecule has 0 radical (unpaired) electrons. The molecule has 1 aromatic heterocycles. The van der Waals surface area contributed by atoms with Crippen molar-refractivity contribution in [3.63, 3.8) is 0 Å². The molecule has 0 aromatic carbocycles. The standard InChI is InChI=1S/C8H12N4/c1-12-5-4-10-8(12)7(9)11-6-2-3-6/h4-6H,2-3H2,1H3,(H2,9,11). The fourth-order valence-electron chi connectivity index (χ4n) is 1.07. The van der Waals surface area contributed by atoms with E-state index in [4.69, 9.17) is 5.73 Å². The van der Waals surface area contributed by atoms with Gasteiger partial charge in [0.25, 0.3) is 0 Å². The van der Waals surface area contributed by atoms with E-state index >= 15 is 0 Å². The molecule has 1 saturated carbocycles. The van der Waals surface area contributed by atoms with Crippen molar-refractivity contribution in [1.29, 1.82) is 0 Å². The minimum Gasteiger partial charge on any atom is -0.381 e. The summed E-state index contributed by atoms with van der Waals surface area (Å²) in [6.45, 7) is 0. The lowest BCUT2D eigenvalue weighted by Gasteiger charge is -1.99. The number of amidine groups is 1. The second kappa shape index (κ2) is 2.62. The minimum atomic E-state index is 0.460. The molecule has 2 rings (SSSR count). The van der Waals surface area contributed by atoms with Crippen LogP contribution in [0.1, 0.15) is 18.7 Å². The highest BCUT2D eigenvalue weighted by Crippen LogP contribution is 2.23. The zero-order valence-corrected chi connectivity index (χ0v) is 7.07. The number of aryl methyl sites for hydroxylation is 1. The average Bonchev–Trinajstić information content (AvgIpc) is 2.72. The van der Waals surface area contributed by atoms with E-state index in [1.807, 2.05) is 17.8 Å². The molecule has 1 aromatic rings. The van der Waals surface area contributed by atoms with E-state index in [9.17, 15) is 0 Å². The van der Waals surface area contributed by atoms with Crippen LogP contribution in [0.5, 0.6) is 0 Å². The molecule has 4 heteroatoms. The van der Waals surface area contributed by atoms with Gasteiger partial charge in [-0.3, -0.25) is 4.99 Å². The molecule has 0 aliphatic heterocycles. The first-order valence-electron chi connectivity index (χ1n) is 4.08. The Kier molecular flexibility index (Phi) is 1.60. The number of nitrogens with two attached hydrogens (primary N) is 1. The van der Waals surface area contributed by atoms with Gasteiger partial charge in [-0.25, -0.2) is 4.98 Å². The predicted molar refractivity (Wildman–Crippen MR) is 47.0 cm³/mol. The molecule has 1 aliphatic rings. The molecule has 0 saturated heterocycles. The summed E-state index contributed by atoms with van der Waals surface area (Å²) in [6, 6.07) is 0.460. The highest BCUT2D eigenvalue weighted by molar-refractivity contribution is 5.94. The Labute approximate surface area is 71.1 Å². The summed E-state index contributed by atoms with van der Waals surface area (Å²) in [7, 11) is 1.91. The van der Waals surface area contributed by atoms with Gasteiger partial charge in [0, 0.05) is 19.4 Å². The molecule has 0 amide bonds. The smallest absolute Gasteiger partial charge is 0.174 e. The lowest BCUT2D eigenvalue weighted by molar-refractivity contribution is 0.889. The second-order valence-corrected chi connectivity index (χ2v) is 3.11. The fourth-order valence-corrected chi connectivity index (χ4v) is 1.07. The van der Waals surface area contributed by atoms with E-state index in [0.717, 1.165) is 5.82 Å². The van der Waals surface area contributed by atoms with Gasteiger partial charge in [-0.05, 0) is 12.8 Å². The third-order valence-electron chi connectivity index (χ3n) is 1.92. The van der Waals surface area contributed by atoms with Crippen molar-refractivity contribution < 1.29 is 0 Å². The van der Waals surface area contributed by atoms with Gasteiger partial charge in [-0.1, -0.05) is 0 Å². The van der Waals surface area contributed by atoms with Crippen LogP contribution in [0.4, 0.5) is 0 Å². The van der Waals surface area contributed by atoms with E-state index in [2.05, 4.69) is 9.98 Å². The molecule has 1 heterocycles. The van der Waals surface area contributed by atoms with Gasteiger partial charge < -0.3 is 10.3 Å². The van der Waals surface area contributed by atoms with Crippen molar-refractivity contribution in [3.05, 3.63) is 18.2 Å². The first kappa shape index (κ1) is 7.34. The molecular weight excluding hydrogens is 152 g/mol. The van der Waals surface area contributed by atoms with Crippen molar-refractivity contribution in [3.8, 4) is 0 Å². The molecule has 64 valence electrons. The molecule has 1 aliphatic carbocycles. The van der Waals surface area contributed by atoms with Crippen molar-refractivity contribution in [1.82, 2.24) is 9.55 Å². The molecule has 0 spiro atoms. The van der Waals surface area contributed by atoms with E-state index in [1.54, 1.807) is 6.20 Å². The SMILES string of the molecule is Cn1ccnc1C(N)=NC1CC1. The molecule has 2 N–H and O–H groups in total. The first-order chi connectivity index (χ1) is 5.77.